The number of amides is 3. The number of hydrogen-bond donors (Lipinski definition) is 2. The molecule has 9 heteroatoms. The Morgan fingerprint density at radius 1 is 1.02 bits per heavy atom. The zero-order valence-corrected chi connectivity index (χ0v) is 24.2. The molecule has 1 fully saturated rings. The van der Waals surface area contributed by atoms with Gasteiger partial charge in [0.25, 0.3) is 11.8 Å². The number of nitrogens with one attached hydrogen (secondary N) is 2. The molecule has 6 rings (SSSR count). The molecule has 220 valence electrons. The van der Waals surface area contributed by atoms with E-state index in [1.54, 1.807) is 31.4 Å². The van der Waals surface area contributed by atoms with E-state index < -0.39 is 6.04 Å². The van der Waals surface area contributed by atoms with Gasteiger partial charge in [0, 0.05) is 43.6 Å². The van der Waals surface area contributed by atoms with Gasteiger partial charge in [0.2, 0.25) is 5.91 Å². The van der Waals surface area contributed by atoms with Gasteiger partial charge < -0.3 is 29.7 Å². The largest absolute Gasteiger partial charge is 0.496 e. The molecule has 0 unspecified atom stereocenters. The number of hydrogen-bond acceptors (Lipinski definition) is 6. The van der Waals surface area contributed by atoms with Gasteiger partial charge in [-0.25, -0.2) is 0 Å². The molecule has 2 N–H and O–H groups in total. The molecule has 3 aliphatic heterocycles. The monoisotopic (exact) mass is 571 g/mol. The minimum Gasteiger partial charge on any atom is -0.496 e. The van der Waals surface area contributed by atoms with Gasteiger partial charge in [-0.2, -0.15) is 0 Å². The number of carbonyl (C=O) groups is 3. The molecule has 0 radical (unpaired) electrons. The first-order valence-electron chi connectivity index (χ1n) is 14.3. The van der Waals surface area contributed by atoms with Crippen LogP contribution in [-0.2, 0) is 16.1 Å². The van der Waals surface area contributed by atoms with Crippen LogP contribution in [0.4, 0.5) is 0 Å². The summed E-state index contributed by atoms with van der Waals surface area (Å²) in [6.07, 6.45) is 0.696. The van der Waals surface area contributed by atoms with E-state index in [4.69, 9.17) is 14.2 Å². The van der Waals surface area contributed by atoms with E-state index in [1.807, 2.05) is 61.2 Å². The number of benzene rings is 3. The van der Waals surface area contributed by atoms with Crippen molar-refractivity contribution in [2.24, 2.45) is 5.92 Å². The molecule has 0 aliphatic carbocycles. The van der Waals surface area contributed by atoms with E-state index in [9.17, 15) is 14.4 Å². The van der Waals surface area contributed by atoms with E-state index in [1.165, 1.54) is 0 Å². The minimum atomic E-state index is -0.422. The summed E-state index contributed by atoms with van der Waals surface area (Å²) in [5.74, 6) is 1.56. The standard InChI is InChI=1S/C33H37N3O6/c1-21(2)15-32(38)36-14-13-30-28(19-36)35-33(39)24-9-12-29(40-3)27(17-24)23-5-4-6-26(16-23)41-20-31(37)34-18-22-7-10-25(42-30)11-8-22/h4-12,16-17,21,28,30H,13-15,18-20H2,1-3H3,(H,34,37)(H,35,39)/t28-,30-/m1/s1. The van der Waals surface area contributed by atoms with E-state index in [0.29, 0.717) is 60.9 Å². The first kappa shape index (κ1) is 29.0. The van der Waals surface area contributed by atoms with Crippen molar-refractivity contribution in [2.45, 2.75) is 45.4 Å². The fraction of sp³-hybridized carbons (Fsp3) is 0.364. The summed E-state index contributed by atoms with van der Waals surface area (Å²) in [5, 5.41) is 6.04. The minimum absolute atomic E-state index is 0.0735. The molecule has 3 amide bonds. The highest BCUT2D eigenvalue weighted by atomic mass is 16.5. The Morgan fingerprint density at radius 2 is 1.83 bits per heavy atom. The van der Waals surface area contributed by atoms with Crippen LogP contribution >= 0.6 is 0 Å². The van der Waals surface area contributed by atoms with Gasteiger partial charge in [0.15, 0.2) is 6.61 Å². The summed E-state index contributed by atoms with van der Waals surface area (Å²) in [7, 11) is 1.58. The molecule has 0 aromatic heterocycles. The van der Waals surface area contributed by atoms with Crippen LogP contribution in [0, 0.1) is 5.92 Å². The molecule has 0 spiro atoms. The third kappa shape index (κ3) is 7.02. The van der Waals surface area contributed by atoms with Crippen molar-refractivity contribution in [1.29, 1.82) is 0 Å². The van der Waals surface area contributed by atoms with Crippen molar-refractivity contribution in [1.82, 2.24) is 15.5 Å². The molecule has 2 atom stereocenters. The quantitative estimate of drug-likeness (QED) is 0.488. The second-order valence-corrected chi connectivity index (χ2v) is 11.1. The van der Waals surface area contributed by atoms with Gasteiger partial charge in [-0.15, -0.1) is 0 Å². The highest BCUT2D eigenvalue weighted by molar-refractivity contribution is 5.96. The van der Waals surface area contributed by atoms with E-state index >= 15 is 0 Å². The number of ether oxygens (including phenoxy) is 3. The molecular formula is C33H37N3O6. The number of likely N-dealkylation sites (tertiary alicyclic amines) is 1. The van der Waals surface area contributed by atoms with Crippen LogP contribution in [0.5, 0.6) is 17.2 Å². The lowest BCUT2D eigenvalue weighted by molar-refractivity contribution is -0.134. The summed E-state index contributed by atoms with van der Waals surface area (Å²) >= 11 is 0. The molecule has 6 bridgehead atoms. The van der Waals surface area contributed by atoms with Crippen molar-refractivity contribution in [3.63, 3.8) is 0 Å². The first-order chi connectivity index (χ1) is 20.3. The maximum Gasteiger partial charge on any atom is 0.258 e. The van der Waals surface area contributed by atoms with Gasteiger partial charge in [0.05, 0.1) is 13.2 Å². The van der Waals surface area contributed by atoms with Gasteiger partial charge in [-0.1, -0.05) is 38.1 Å². The Kier molecular flexibility index (Phi) is 8.95. The van der Waals surface area contributed by atoms with Gasteiger partial charge >= 0.3 is 0 Å². The fourth-order valence-electron chi connectivity index (χ4n) is 5.26. The van der Waals surface area contributed by atoms with Crippen molar-refractivity contribution in [3.8, 4) is 28.4 Å². The lowest BCUT2D eigenvalue weighted by atomic mass is 9.98. The second-order valence-electron chi connectivity index (χ2n) is 11.1. The van der Waals surface area contributed by atoms with E-state index in [0.717, 1.165) is 11.1 Å². The van der Waals surface area contributed by atoms with E-state index in [2.05, 4.69) is 10.6 Å². The smallest absolute Gasteiger partial charge is 0.258 e. The van der Waals surface area contributed by atoms with E-state index in [-0.39, 0.29) is 36.4 Å². The Hall–Kier alpha value is -4.53. The predicted octanol–water partition coefficient (Wildman–Crippen LogP) is 4.20. The number of carbonyl (C=O) groups excluding carboxylic acids is 3. The van der Waals surface area contributed by atoms with Crippen LogP contribution in [-0.4, -0.2) is 61.6 Å². The maximum absolute atomic E-state index is 13.7. The molecular weight excluding hydrogens is 534 g/mol. The molecule has 3 aromatic carbocycles. The number of nitrogens with zero attached hydrogens (tertiary/aromatic N) is 1. The number of rotatable bonds is 3. The predicted molar refractivity (Wildman–Crippen MR) is 159 cm³/mol. The van der Waals surface area contributed by atoms with Crippen LogP contribution in [0.15, 0.2) is 66.7 Å². The van der Waals surface area contributed by atoms with Gasteiger partial charge in [-0.05, 0) is 59.5 Å². The topological polar surface area (TPSA) is 106 Å². The Morgan fingerprint density at radius 3 is 2.60 bits per heavy atom. The molecule has 3 aliphatic rings. The first-order valence-corrected chi connectivity index (χ1v) is 14.3. The fourth-order valence-corrected chi connectivity index (χ4v) is 5.26. The van der Waals surface area contributed by atoms with Gasteiger partial charge in [0.1, 0.15) is 23.4 Å². The third-order valence-electron chi connectivity index (χ3n) is 7.48. The lowest BCUT2D eigenvalue weighted by Crippen LogP contribution is -2.58. The summed E-state index contributed by atoms with van der Waals surface area (Å²) in [6, 6.07) is 19.6. The number of fused-ring (bicyclic) bond motifs is 7. The summed E-state index contributed by atoms with van der Waals surface area (Å²) in [6.45, 7) is 5.17. The molecule has 1 saturated heterocycles. The van der Waals surface area contributed by atoms with Crippen molar-refractivity contribution in [3.05, 3.63) is 77.9 Å². The zero-order chi connectivity index (χ0) is 29.6. The molecule has 0 saturated carbocycles. The average Bonchev–Trinajstić information content (AvgIpc) is 2.99. The molecule has 42 heavy (non-hydrogen) atoms. The van der Waals surface area contributed by atoms with Crippen LogP contribution < -0.4 is 24.8 Å². The Bertz CT molecular complexity index is 1440. The average molecular weight is 572 g/mol. The van der Waals surface area contributed by atoms with Crippen molar-refractivity contribution in [2.75, 3.05) is 26.8 Å². The highest BCUT2D eigenvalue weighted by Gasteiger charge is 2.34. The van der Waals surface area contributed by atoms with Crippen LogP contribution in [0.2, 0.25) is 0 Å². The Balaban J connectivity index is 1.49. The molecule has 9 nitrogen and oxygen atoms in total. The van der Waals surface area contributed by atoms with Crippen LogP contribution in [0.25, 0.3) is 11.1 Å². The third-order valence-corrected chi connectivity index (χ3v) is 7.48. The van der Waals surface area contributed by atoms with Crippen LogP contribution in [0.1, 0.15) is 42.6 Å². The number of piperidine rings is 1. The molecule has 3 heterocycles. The second kappa shape index (κ2) is 13.0. The highest BCUT2D eigenvalue weighted by Crippen LogP contribution is 2.33. The van der Waals surface area contributed by atoms with Crippen LogP contribution in [0.3, 0.4) is 0 Å². The zero-order valence-electron chi connectivity index (χ0n) is 24.2. The SMILES string of the molecule is COc1ccc2cc1-c1cccc(c1)OCC(=O)NCc1ccc(cc1)O[C@@H]1CCN(C(=O)CC(C)C)C[C@H]1NC2=O. The Labute approximate surface area is 246 Å². The van der Waals surface area contributed by atoms with Crippen molar-refractivity contribution < 1.29 is 28.6 Å². The summed E-state index contributed by atoms with van der Waals surface area (Å²) in [5.41, 5.74) is 2.84. The summed E-state index contributed by atoms with van der Waals surface area (Å²) in [4.78, 5) is 40.9. The molecule has 3 aromatic rings. The maximum atomic E-state index is 13.7. The normalized spacial score (nSPS) is 19.1. The van der Waals surface area contributed by atoms with Crippen molar-refractivity contribution >= 4 is 17.7 Å². The number of methoxy groups -OCH3 is 1. The summed E-state index contributed by atoms with van der Waals surface area (Å²) < 4.78 is 17.7. The van der Waals surface area contributed by atoms with Gasteiger partial charge in [-0.3, -0.25) is 14.4 Å². The lowest BCUT2D eigenvalue weighted by Gasteiger charge is -2.39.